The predicted molar refractivity (Wildman–Crippen MR) is 115 cm³/mol. The van der Waals surface area contributed by atoms with E-state index in [2.05, 4.69) is 14.8 Å². The lowest BCUT2D eigenvalue weighted by Gasteiger charge is -2.38. The SMILES string of the molecule is O=C(NCc1ccc(OC(F)(F)F)cc1)[C@H]1CN(C(=O)O)CCN1S(=O)(=O)c1ccc(OC(F)(F)F)cc1. The number of ether oxygens (including phenoxy) is 2. The van der Waals surface area contributed by atoms with Crippen LogP contribution in [0.3, 0.4) is 0 Å². The molecule has 0 bridgehead atoms. The number of nitrogens with zero attached hydrogens (tertiary/aromatic N) is 2. The number of carbonyl (C=O) groups excluding carboxylic acids is 1. The molecule has 17 heteroatoms. The van der Waals surface area contributed by atoms with Crippen LogP contribution in [-0.2, 0) is 21.4 Å². The molecule has 3 rings (SSSR count). The number of carbonyl (C=O) groups is 2. The average Bonchev–Trinajstić information content (AvgIpc) is 2.81. The molecule has 0 spiro atoms. The number of hydrogen-bond donors (Lipinski definition) is 2. The molecular weight excluding hydrogens is 552 g/mol. The van der Waals surface area contributed by atoms with Crippen molar-refractivity contribution < 1.29 is 58.9 Å². The van der Waals surface area contributed by atoms with Crippen LogP contribution in [0.25, 0.3) is 0 Å². The zero-order chi connectivity index (χ0) is 28.3. The molecular formula is C21H19F6N3O7S. The van der Waals surface area contributed by atoms with E-state index in [1.807, 2.05) is 0 Å². The first-order valence-corrected chi connectivity index (χ1v) is 12.0. The van der Waals surface area contributed by atoms with Gasteiger partial charge in [0, 0.05) is 26.2 Å². The minimum atomic E-state index is -5.00. The number of rotatable bonds is 7. The van der Waals surface area contributed by atoms with Gasteiger partial charge in [-0.05, 0) is 42.0 Å². The topological polar surface area (TPSA) is 125 Å². The fourth-order valence-corrected chi connectivity index (χ4v) is 5.08. The van der Waals surface area contributed by atoms with Gasteiger partial charge in [-0.2, -0.15) is 4.31 Å². The van der Waals surface area contributed by atoms with Crippen LogP contribution in [0.15, 0.2) is 53.4 Å². The Hall–Kier alpha value is -3.73. The highest BCUT2D eigenvalue weighted by Crippen LogP contribution is 2.27. The first-order valence-electron chi connectivity index (χ1n) is 10.5. The van der Waals surface area contributed by atoms with E-state index in [9.17, 15) is 49.5 Å². The lowest BCUT2D eigenvalue weighted by molar-refractivity contribution is -0.275. The van der Waals surface area contributed by atoms with E-state index in [1.54, 1.807) is 0 Å². The van der Waals surface area contributed by atoms with Gasteiger partial charge in [0.05, 0.1) is 4.90 Å². The van der Waals surface area contributed by atoms with E-state index in [4.69, 9.17) is 0 Å². The van der Waals surface area contributed by atoms with Crippen molar-refractivity contribution in [1.29, 1.82) is 0 Å². The average molecular weight is 571 g/mol. The first-order chi connectivity index (χ1) is 17.5. The number of sulfonamides is 1. The molecule has 0 aromatic heterocycles. The van der Waals surface area contributed by atoms with Crippen LogP contribution >= 0.6 is 0 Å². The minimum absolute atomic E-state index is 0.244. The molecule has 0 aliphatic carbocycles. The van der Waals surface area contributed by atoms with Gasteiger partial charge in [0.15, 0.2) is 0 Å². The molecule has 0 unspecified atom stereocenters. The molecule has 2 N–H and O–H groups in total. The smallest absolute Gasteiger partial charge is 0.465 e. The second kappa shape index (κ2) is 10.9. The molecule has 1 fully saturated rings. The number of piperazine rings is 1. The van der Waals surface area contributed by atoms with Crippen molar-refractivity contribution in [2.75, 3.05) is 19.6 Å². The molecule has 2 aromatic rings. The lowest BCUT2D eigenvalue weighted by Crippen LogP contribution is -2.61. The number of hydrogen-bond acceptors (Lipinski definition) is 6. The summed E-state index contributed by atoms with van der Waals surface area (Å²) in [6.45, 7) is -1.51. The zero-order valence-corrected chi connectivity index (χ0v) is 19.8. The highest BCUT2D eigenvalue weighted by Gasteiger charge is 2.41. The second-order valence-electron chi connectivity index (χ2n) is 7.79. The van der Waals surface area contributed by atoms with E-state index in [-0.39, 0.29) is 13.1 Å². The summed E-state index contributed by atoms with van der Waals surface area (Å²) in [5.41, 5.74) is 0.327. The molecule has 1 atom stereocenters. The Balaban J connectivity index is 1.77. The van der Waals surface area contributed by atoms with Gasteiger partial charge in [-0.1, -0.05) is 12.1 Å². The highest BCUT2D eigenvalue weighted by atomic mass is 32.2. The Morgan fingerprint density at radius 3 is 1.87 bits per heavy atom. The third-order valence-corrected chi connectivity index (χ3v) is 7.11. The molecule has 2 amide bonds. The molecule has 208 valence electrons. The van der Waals surface area contributed by atoms with Gasteiger partial charge in [-0.15, -0.1) is 26.3 Å². The Morgan fingerprint density at radius 2 is 1.39 bits per heavy atom. The summed E-state index contributed by atoms with van der Waals surface area (Å²) < 4.78 is 109. The van der Waals surface area contributed by atoms with Crippen molar-refractivity contribution in [2.24, 2.45) is 0 Å². The van der Waals surface area contributed by atoms with Crippen molar-refractivity contribution in [3.63, 3.8) is 0 Å². The lowest BCUT2D eigenvalue weighted by atomic mass is 10.1. The standard InChI is InChI=1S/C21H19F6N3O7S/c22-20(23,24)36-14-3-1-13(2-4-14)11-28-18(31)17-12-29(19(32)33)9-10-30(17)38(34,35)16-7-5-15(6-8-16)37-21(25,26)27/h1-8,17H,9-12H2,(H,28,31)(H,32,33)/t17-/m1/s1. The van der Waals surface area contributed by atoms with Crippen molar-refractivity contribution in [3.8, 4) is 11.5 Å². The molecule has 38 heavy (non-hydrogen) atoms. The number of benzene rings is 2. The van der Waals surface area contributed by atoms with Crippen LogP contribution in [0.1, 0.15) is 5.56 Å². The highest BCUT2D eigenvalue weighted by molar-refractivity contribution is 7.89. The first kappa shape index (κ1) is 28.8. The van der Waals surface area contributed by atoms with Gasteiger partial charge in [0.2, 0.25) is 15.9 Å². The Morgan fingerprint density at radius 1 is 0.895 bits per heavy atom. The second-order valence-corrected chi connectivity index (χ2v) is 9.68. The van der Waals surface area contributed by atoms with Crippen LogP contribution in [-0.4, -0.2) is 73.1 Å². The largest absolute Gasteiger partial charge is 0.573 e. The van der Waals surface area contributed by atoms with Crippen molar-refractivity contribution in [1.82, 2.24) is 14.5 Å². The quantitative estimate of drug-likeness (QED) is 0.489. The van der Waals surface area contributed by atoms with Crippen molar-refractivity contribution >= 4 is 22.0 Å². The summed E-state index contributed by atoms with van der Waals surface area (Å²) in [6.07, 6.45) is -11.3. The fourth-order valence-electron chi connectivity index (χ4n) is 3.51. The van der Waals surface area contributed by atoms with Crippen LogP contribution in [0, 0.1) is 0 Å². The zero-order valence-electron chi connectivity index (χ0n) is 19.0. The third-order valence-electron chi connectivity index (χ3n) is 5.19. The summed E-state index contributed by atoms with van der Waals surface area (Å²) >= 11 is 0. The minimum Gasteiger partial charge on any atom is -0.465 e. The molecule has 1 saturated heterocycles. The van der Waals surface area contributed by atoms with Crippen LogP contribution in [0.5, 0.6) is 11.5 Å². The molecule has 0 radical (unpaired) electrons. The number of carboxylic acid groups (broad SMARTS) is 1. The summed E-state index contributed by atoms with van der Waals surface area (Å²) in [4.78, 5) is 24.7. The van der Waals surface area contributed by atoms with E-state index in [0.29, 0.717) is 5.56 Å². The maximum Gasteiger partial charge on any atom is 0.573 e. The molecule has 1 heterocycles. The van der Waals surface area contributed by atoms with Crippen molar-refractivity contribution in [2.45, 2.75) is 30.2 Å². The number of alkyl halides is 6. The summed E-state index contributed by atoms with van der Waals surface area (Å²) in [5.74, 6) is -2.08. The molecule has 1 aliphatic heterocycles. The van der Waals surface area contributed by atoms with Crippen molar-refractivity contribution in [3.05, 3.63) is 54.1 Å². The normalized spacial score (nSPS) is 17.1. The summed E-state index contributed by atoms with van der Waals surface area (Å²) in [5, 5.41) is 11.7. The fraction of sp³-hybridized carbons (Fsp3) is 0.333. The molecule has 2 aromatic carbocycles. The van der Waals surface area contributed by atoms with E-state index in [1.165, 1.54) is 12.1 Å². The Kier molecular flexibility index (Phi) is 8.30. The van der Waals surface area contributed by atoms with E-state index >= 15 is 0 Å². The Bertz CT molecular complexity index is 1250. The number of amides is 2. The maximum absolute atomic E-state index is 13.2. The summed E-state index contributed by atoms with van der Waals surface area (Å²) in [7, 11) is -4.48. The van der Waals surface area contributed by atoms with Crippen LogP contribution in [0.4, 0.5) is 31.1 Å². The predicted octanol–water partition coefficient (Wildman–Crippen LogP) is 3.15. The van der Waals surface area contributed by atoms with E-state index in [0.717, 1.165) is 45.6 Å². The molecule has 10 nitrogen and oxygen atoms in total. The van der Waals surface area contributed by atoms with Gasteiger partial charge >= 0.3 is 18.8 Å². The van der Waals surface area contributed by atoms with E-state index < -0.39 is 70.3 Å². The monoisotopic (exact) mass is 571 g/mol. The van der Waals surface area contributed by atoms with Gasteiger partial charge in [-0.3, -0.25) is 4.79 Å². The van der Waals surface area contributed by atoms with Gasteiger partial charge in [0.1, 0.15) is 17.5 Å². The van der Waals surface area contributed by atoms with Crippen LogP contribution < -0.4 is 14.8 Å². The van der Waals surface area contributed by atoms with Gasteiger partial charge in [0.25, 0.3) is 0 Å². The summed E-state index contributed by atoms with van der Waals surface area (Å²) in [6, 6.07) is 6.15. The van der Waals surface area contributed by atoms with Crippen LogP contribution in [0.2, 0.25) is 0 Å². The van der Waals surface area contributed by atoms with Gasteiger partial charge in [-0.25, -0.2) is 13.2 Å². The molecule has 1 aliphatic rings. The molecule has 0 saturated carbocycles. The maximum atomic E-state index is 13.2. The number of halogens is 6. The Labute approximate surface area is 211 Å². The third kappa shape index (κ3) is 7.64. The van der Waals surface area contributed by atoms with Gasteiger partial charge < -0.3 is 24.8 Å². The number of nitrogens with one attached hydrogen (secondary N) is 1.